The second-order valence-corrected chi connectivity index (χ2v) is 14.4. The number of nitrogens with zero attached hydrogens (tertiary/aromatic N) is 2. The normalized spacial score (nSPS) is 11.5. The molecule has 0 heterocycles. The molecule has 0 radical (unpaired) electrons. The van der Waals surface area contributed by atoms with Gasteiger partial charge in [-0.3, -0.25) is 0 Å². The molecule has 3 aromatic carbocycles. The summed E-state index contributed by atoms with van der Waals surface area (Å²) < 4.78 is 15.2. The van der Waals surface area contributed by atoms with Crippen LogP contribution in [0.15, 0.2) is 54.6 Å². The molecular weight excluding hydrogens is 605 g/mol. The third kappa shape index (κ3) is 6.56. The molecule has 0 N–H and O–H groups in total. The Kier molecular flexibility index (Phi) is 8.92. The van der Waals surface area contributed by atoms with Crippen molar-refractivity contribution in [3.63, 3.8) is 0 Å². The van der Waals surface area contributed by atoms with Gasteiger partial charge >= 0.3 is 210 Å². The van der Waals surface area contributed by atoms with E-state index in [0.29, 0.717) is 0 Å². The van der Waals surface area contributed by atoms with Crippen LogP contribution in [-0.4, -0.2) is 60.6 Å². The first-order valence-electron chi connectivity index (χ1n) is 11.4. The minimum atomic E-state index is -3.26. The van der Waals surface area contributed by atoms with Gasteiger partial charge in [0.1, 0.15) is 0 Å². The first-order valence-corrected chi connectivity index (χ1v) is 15.9. The minimum absolute atomic E-state index is 0.856. The summed E-state index contributed by atoms with van der Waals surface area (Å²) in [7, 11) is 8.46. The molecule has 4 nitrogen and oxygen atoms in total. The zero-order chi connectivity index (χ0) is 24.1. The molecule has 0 saturated heterocycles. The molecule has 0 fully saturated rings. The van der Waals surface area contributed by atoms with E-state index in [2.05, 4.69) is 120 Å². The number of rotatable bonds is 9. The molecule has 3 rings (SSSR count). The second kappa shape index (κ2) is 11.5. The van der Waals surface area contributed by atoms with Crippen LogP contribution in [0, 0.1) is 27.7 Å². The van der Waals surface area contributed by atoms with E-state index >= 15 is 0 Å². The molecule has 0 amide bonds. The summed E-state index contributed by atoms with van der Waals surface area (Å²) in [5.41, 5.74) is 7.21. The van der Waals surface area contributed by atoms with Gasteiger partial charge in [-0.25, -0.2) is 0 Å². The van der Waals surface area contributed by atoms with Crippen LogP contribution >= 0.6 is 0 Å². The molecule has 33 heavy (non-hydrogen) atoms. The van der Waals surface area contributed by atoms with Gasteiger partial charge in [0.25, 0.3) is 0 Å². The van der Waals surface area contributed by atoms with Gasteiger partial charge in [-0.2, -0.15) is 0 Å². The summed E-state index contributed by atoms with van der Waals surface area (Å²) in [4.78, 5) is 4.44. The molecule has 3 aromatic rings. The van der Waals surface area contributed by atoms with Crippen molar-refractivity contribution in [1.29, 1.82) is 0 Å². The van der Waals surface area contributed by atoms with Crippen molar-refractivity contribution in [3.05, 3.63) is 88.0 Å². The SMILES string of the molecule is Cc1cccc(C)c1[O][Bi]([O]c1c(C)cccc1C)[c]1c(CN(C)C)cccc1CN(C)C. The van der Waals surface area contributed by atoms with E-state index in [-0.39, 0.29) is 0 Å². The van der Waals surface area contributed by atoms with E-state index in [1.54, 1.807) is 0 Å². The molecule has 0 aliphatic heterocycles. The summed E-state index contributed by atoms with van der Waals surface area (Å²) in [6, 6.07) is 19.3. The van der Waals surface area contributed by atoms with Crippen LogP contribution in [0.3, 0.4) is 0 Å². The van der Waals surface area contributed by atoms with E-state index in [4.69, 9.17) is 5.63 Å². The van der Waals surface area contributed by atoms with Gasteiger partial charge in [0.2, 0.25) is 0 Å². The van der Waals surface area contributed by atoms with Gasteiger partial charge in [0.15, 0.2) is 0 Å². The third-order valence-electron chi connectivity index (χ3n) is 5.52. The molecule has 0 bridgehead atoms. The van der Waals surface area contributed by atoms with E-state index in [1.165, 1.54) is 14.4 Å². The van der Waals surface area contributed by atoms with Crippen LogP contribution in [0.2, 0.25) is 0 Å². The van der Waals surface area contributed by atoms with Crippen LogP contribution in [0.5, 0.6) is 11.5 Å². The Bertz CT molecular complexity index is 973. The summed E-state index contributed by atoms with van der Waals surface area (Å²) in [5.74, 6) is 1.94. The molecule has 0 spiro atoms. The molecular formula is C28H37BiN2O2. The van der Waals surface area contributed by atoms with Crippen LogP contribution in [0.1, 0.15) is 33.4 Å². The quantitative estimate of drug-likeness (QED) is 0.311. The fraction of sp³-hybridized carbons (Fsp3) is 0.357. The Labute approximate surface area is 209 Å². The van der Waals surface area contributed by atoms with Crippen molar-refractivity contribution >= 4 is 25.9 Å². The predicted octanol–water partition coefficient (Wildman–Crippen LogP) is 4.90. The number of hydrogen-bond donors (Lipinski definition) is 0. The van der Waals surface area contributed by atoms with Crippen molar-refractivity contribution < 1.29 is 5.63 Å². The van der Waals surface area contributed by atoms with E-state index in [1.807, 2.05) is 0 Å². The van der Waals surface area contributed by atoms with Crippen LogP contribution in [0.25, 0.3) is 0 Å². The van der Waals surface area contributed by atoms with Crippen LogP contribution in [0.4, 0.5) is 0 Å². The van der Waals surface area contributed by atoms with Crippen molar-refractivity contribution in [2.75, 3.05) is 28.2 Å². The monoisotopic (exact) mass is 642 g/mol. The van der Waals surface area contributed by atoms with E-state index < -0.39 is 22.6 Å². The first-order chi connectivity index (χ1) is 15.7. The van der Waals surface area contributed by atoms with Crippen LogP contribution < -0.4 is 8.90 Å². The van der Waals surface area contributed by atoms with E-state index in [9.17, 15) is 0 Å². The molecule has 0 atom stereocenters. The second-order valence-electron chi connectivity index (χ2n) is 9.28. The summed E-state index contributed by atoms with van der Waals surface area (Å²) >= 11 is -3.26. The van der Waals surface area contributed by atoms with Crippen molar-refractivity contribution in [1.82, 2.24) is 9.80 Å². The fourth-order valence-electron chi connectivity index (χ4n) is 3.98. The number of hydrogen-bond acceptors (Lipinski definition) is 4. The molecule has 0 aliphatic rings. The molecule has 0 unspecified atom stereocenters. The Balaban J connectivity index is 2.20. The van der Waals surface area contributed by atoms with Crippen molar-refractivity contribution in [3.8, 4) is 11.5 Å². The number of benzene rings is 3. The molecule has 0 saturated carbocycles. The summed E-state index contributed by atoms with van der Waals surface area (Å²) in [5, 5.41) is 0. The van der Waals surface area contributed by atoms with E-state index in [0.717, 1.165) is 46.8 Å². The topological polar surface area (TPSA) is 24.9 Å². The Morgan fingerprint density at radius 2 is 0.909 bits per heavy atom. The third-order valence-corrected chi connectivity index (χ3v) is 11.9. The maximum atomic E-state index is 6.96. The first kappa shape index (κ1) is 25.7. The van der Waals surface area contributed by atoms with Gasteiger partial charge in [0.05, 0.1) is 0 Å². The standard InChI is InChI=1S/C12H19N2.2C8H10O.Bi/c1-13(2)9-11-6-5-7-12(8-11)10-14(3)4;2*1-6-4-3-5-7(2)8(6)9;/h5-7H,9-10H2,1-4H3;2*3-5,9H,1-2H3;/q;;;+2/p-2. The average molecular weight is 643 g/mol. The predicted molar refractivity (Wildman–Crippen MR) is 140 cm³/mol. The molecule has 5 heteroatoms. The van der Waals surface area contributed by atoms with Gasteiger partial charge in [-0.1, -0.05) is 0 Å². The number of aryl methyl sites for hydroxylation is 4. The fourth-order valence-corrected chi connectivity index (χ4v) is 11.3. The number of para-hydroxylation sites is 2. The molecule has 0 aromatic heterocycles. The van der Waals surface area contributed by atoms with Gasteiger partial charge in [-0.05, 0) is 0 Å². The van der Waals surface area contributed by atoms with Crippen molar-refractivity contribution in [2.45, 2.75) is 40.8 Å². The molecule has 0 aliphatic carbocycles. The van der Waals surface area contributed by atoms with Gasteiger partial charge < -0.3 is 0 Å². The Morgan fingerprint density at radius 3 is 1.24 bits per heavy atom. The summed E-state index contributed by atoms with van der Waals surface area (Å²) in [6.07, 6.45) is 0. The van der Waals surface area contributed by atoms with Gasteiger partial charge in [0, 0.05) is 0 Å². The Morgan fingerprint density at radius 1 is 0.576 bits per heavy atom. The summed E-state index contributed by atoms with van der Waals surface area (Å²) in [6.45, 7) is 10.2. The Hall–Kier alpha value is -1.94. The van der Waals surface area contributed by atoms with Gasteiger partial charge in [-0.15, -0.1) is 0 Å². The zero-order valence-corrected chi connectivity index (χ0v) is 24.7. The van der Waals surface area contributed by atoms with Crippen LogP contribution in [-0.2, 0) is 13.1 Å². The maximum absolute atomic E-state index is 6.96. The zero-order valence-electron chi connectivity index (χ0n) is 21.3. The van der Waals surface area contributed by atoms with Crippen molar-refractivity contribution in [2.24, 2.45) is 0 Å². The molecule has 176 valence electrons. The average Bonchev–Trinajstić information content (AvgIpc) is 2.72.